The lowest BCUT2D eigenvalue weighted by Gasteiger charge is -1.80. The zero-order valence-electron chi connectivity index (χ0n) is 5.59. The van der Waals surface area contributed by atoms with Gasteiger partial charge in [-0.3, -0.25) is 14.8 Å². The molecule has 0 N–H and O–H groups in total. The Bertz CT molecular complexity index is 304. The average Bonchev–Trinajstić information content (AvgIpc) is 2.30. The molecule has 0 aliphatic carbocycles. The average molecular weight is 156 g/mol. The van der Waals surface area contributed by atoms with Crippen LogP contribution in [0.2, 0.25) is 0 Å². The van der Waals surface area contributed by atoms with E-state index < -0.39 is 10.7 Å². The van der Waals surface area contributed by atoms with E-state index in [1.807, 2.05) is 0 Å². The first-order valence-corrected chi connectivity index (χ1v) is 2.66. The van der Waals surface area contributed by atoms with E-state index in [2.05, 4.69) is 10.3 Å². The molecule has 0 atom stereocenters. The van der Waals surface area contributed by atoms with Crippen LogP contribution in [0.1, 0.15) is 0 Å². The highest BCUT2D eigenvalue weighted by atomic mass is 16.6. The molecule has 1 rings (SSSR count). The summed E-state index contributed by atoms with van der Waals surface area (Å²) < 4.78 is 1.16. The van der Waals surface area contributed by atoms with Crippen molar-refractivity contribution >= 4 is 11.5 Å². The van der Waals surface area contributed by atoms with Crippen LogP contribution >= 0.6 is 0 Å². The Morgan fingerprint density at radius 3 is 2.82 bits per heavy atom. The van der Waals surface area contributed by atoms with Gasteiger partial charge in [0.25, 0.3) is 5.82 Å². The highest BCUT2D eigenvalue weighted by Crippen LogP contribution is 2.23. The quantitative estimate of drug-likeness (QED) is 0.358. The van der Waals surface area contributed by atoms with Gasteiger partial charge >= 0.3 is 5.69 Å². The standard InChI is InChI=1S/C4H4N4O3/c1-7-2-3(8(10)11)4(5-7)6-9/h2H,1H3. The normalized spacial score (nSPS) is 9.55. The van der Waals surface area contributed by atoms with Crippen LogP contribution in [0.3, 0.4) is 0 Å². The Morgan fingerprint density at radius 2 is 2.45 bits per heavy atom. The Labute approximate surface area is 60.8 Å². The van der Waals surface area contributed by atoms with Crippen molar-refractivity contribution in [3.63, 3.8) is 0 Å². The predicted molar refractivity (Wildman–Crippen MR) is 35.3 cm³/mol. The molecule has 0 aromatic carbocycles. The number of hydrogen-bond donors (Lipinski definition) is 0. The van der Waals surface area contributed by atoms with Gasteiger partial charge in [-0.25, -0.2) is 0 Å². The molecule has 1 aromatic rings. The second kappa shape index (κ2) is 2.45. The van der Waals surface area contributed by atoms with Gasteiger partial charge in [-0.15, -0.1) is 10.0 Å². The van der Waals surface area contributed by atoms with E-state index >= 15 is 0 Å². The summed E-state index contributed by atoms with van der Waals surface area (Å²) in [5, 5.41) is 16.0. The molecule has 0 saturated heterocycles. The Hall–Kier alpha value is -1.79. The Kier molecular flexibility index (Phi) is 1.63. The molecule has 0 spiro atoms. The smallest absolute Gasteiger partial charge is 0.266 e. The molecule has 0 aliphatic heterocycles. The zero-order valence-corrected chi connectivity index (χ0v) is 5.59. The highest BCUT2D eigenvalue weighted by molar-refractivity contribution is 5.49. The molecule has 7 nitrogen and oxygen atoms in total. The third-order valence-electron chi connectivity index (χ3n) is 1.07. The lowest BCUT2D eigenvalue weighted by Crippen LogP contribution is -1.86. The zero-order chi connectivity index (χ0) is 8.43. The maximum atomic E-state index is 10.1. The van der Waals surface area contributed by atoms with Crippen LogP contribution in [0.15, 0.2) is 11.4 Å². The molecule has 0 amide bonds. The van der Waals surface area contributed by atoms with Crippen LogP contribution in [-0.2, 0) is 7.05 Å². The minimum Gasteiger partial charge on any atom is -0.266 e. The van der Waals surface area contributed by atoms with Crippen molar-refractivity contribution in [2.45, 2.75) is 0 Å². The second-order valence-electron chi connectivity index (χ2n) is 1.86. The van der Waals surface area contributed by atoms with Crippen LogP contribution in [0.25, 0.3) is 0 Å². The Morgan fingerprint density at radius 1 is 1.82 bits per heavy atom. The van der Waals surface area contributed by atoms with E-state index in [0.717, 1.165) is 10.9 Å². The fourth-order valence-electron chi connectivity index (χ4n) is 0.658. The number of hydrogen-bond acceptors (Lipinski definition) is 5. The van der Waals surface area contributed by atoms with Gasteiger partial charge in [-0.2, -0.15) is 0 Å². The summed E-state index contributed by atoms with van der Waals surface area (Å²) in [4.78, 5) is 19.4. The molecule has 11 heavy (non-hydrogen) atoms. The number of nitroso groups, excluding NO2 is 1. The van der Waals surface area contributed by atoms with E-state index in [0.29, 0.717) is 0 Å². The fourth-order valence-corrected chi connectivity index (χ4v) is 0.658. The molecule has 0 aliphatic rings. The van der Waals surface area contributed by atoms with Gasteiger partial charge in [0.2, 0.25) is 0 Å². The number of nitro groups is 1. The van der Waals surface area contributed by atoms with Crippen LogP contribution in [0.4, 0.5) is 11.5 Å². The SMILES string of the molecule is Cn1cc([N+](=O)[O-])c(N=O)n1. The van der Waals surface area contributed by atoms with Crippen LogP contribution < -0.4 is 0 Å². The van der Waals surface area contributed by atoms with Crippen LogP contribution in [-0.4, -0.2) is 14.7 Å². The van der Waals surface area contributed by atoms with Crippen molar-refractivity contribution in [1.82, 2.24) is 9.78 Å². The van der Waals surface area contributed by atoms with Crippen molar-refractivity contribution in [3.8, 4) is 0 Å². The maximum absolute atomic E-state index is 10.1. The molecule has 58 valence electrons. The van der Waals surface area contributed by atoms with E-state index in [-0.39, 0.29) is 5.69 Å². The summed E-state index contributed by atoms with van der Waals surface area (Å²) >= 11 is 0. The third kappa shape index (κ3) is 1.20. The molecular formula is C4H4N4O3. The van der Waals surface area contributed by atoms with Gasteiger partial charge in [-0.1, -0.05) is 0 Å². The van der Waals surface area contributed by atoms with Gasteiger partial charge in [-0.05, 0) is 5.18 Å². The van der Waals surface area contributed by atoms with Gasteiger partial charge in [0, 0.05) is 7.05 Å². The number of rotatable bonds is 2. The Balaban J connectivity index is 3.22. The molecule has 0 saturated carbocycles. The fraction of sp³-hybridized carbons (Fsp3) is 0.250. The van der Waals surface area contributed by atoms with Crippen LogP contribution in [0.5, 0.6) is 0 Å². The van der Waals surface area contributed by atoms with E-state index in [1.165, 1.54) is 7.05 Å². The van der Waals surface area contributed by atoms with Crippen molar-refractivity contribution < 1.29 is 4.92 Å². The van der Waals surface area contributed by atoms with Gasteiger partial charge in [0.1, 0.15) is 6.20 Å². The lowest BCUT2D eigenvalue weighted by molar-refractivity contribution is -0.384. The maximum Gasteiger partial charge on any atom is 0.336 e. The molecule has 0 bridgehead atoms. The summed E-state index contributed by atoms with van der Waals surface area (Å²) in [5.74, 6) is -0.391. The summed E-state index contributed by atoms with van der Waals surface area (Å²) in [6, 6.07) is 0. The first kappa shape index (κ1) is 7.32. The monoisotopic (exact) mass is 156 g/mol. The second-order valence-corrected chi connectivity index (χ2v) is 1.86. The molecule has 7 heteroatoms. The topological polar surface area (TPSA) is 90.4 Å². The van der Waals surface area contributed by atoms with Crippen molar-refractivity contribution in [1.29, 1.82) is 0 Å². The van der Waals surface area contributed by atoms with Crippen molar-refractivity contribution in [2.75, 3.05) is 0 Å². The molecule has 1 aromatic heterocycles. The molecule has 0 fully saturated rings. The number of aryl methyl sites for hydroxylation is 1. The summed E-state index contributed by atoms with van der Waals surface area (Å²) in [7, 11) is 1.47. The summed E-state index contributed by atoms with van der Waals surface area (Å²) in [6.07, 6.45) is 1.12. The predicted octanol–water partition coefficient (Wildman–Crippen LogP) is 0.726. The van der Waals surface area contributed by atoms with E-state index in [1.54, 1.807) is 0 Å². The van der Waals surface area contributed by atoms with Crippen molar-refractivity contribution in [3.05, 3.63) is 21.2 Å². The highest BCUT2D eigenvalue weighted by Gasteiger charge is 2.18. The van der Waals surface area contributed by atoms with Gasteiger partial charge in [0.15, 0.2) is 0 Å². The summed E-state index contributed by atoms with van der Waals surface area (Å²) in [6.45, 7) is 0. The molecular weight excluding hydrogens is 152 g/mol. The van der Waals surface area contributed by atoms with Crippen LogP contribution in [0, 0.1) is 15.0 Å². The lowest BCUT2D eigenvalue weighted by atomic mass is 10.5. The number of nitrogens with zero attached hydrogens (tertiary/aromatic N) is 4. The van der Waals surface area contributed by atoms with Gasteiger partial charge < -0.3 is 0 Å². The minimum absolute atomic E-state index is 0.373. The molecule has 0 unspecified atom stereocenters. The number of aromatic nitrogens is 2. The molecule has 0 radical (unpaired) electrons. The largest absolute Gasteiger partial charge is 0.336 e. The van der Waals surface area contributed by atoms with Gasteiger partial charge in [0.05, 0.1) is 4.92 Å². The van der Waals surface area contributed by atoms with Crippen molar-refractivity contribution in [2.24, 2.45) is 12.2 Å². The first-order valence-electron chi connectivity index (χ1n) is 2.66. The van der Waals surface area contributed by atoms with E-state index in [9.17, 15) is 15.0 Å². The van der Waals surface area contributed by atoms with E-state index in [4.69, 9.17) is 0 Å². The minimum atomic E-state index is -0.705. The molecule has 1 heterocycles. The third-order valence-corrected chi connectivity index (χ3v) is 1.07. The summed E-state index contributed by atoms with van der Waals surface area (Å²) in [5.41, 5.74) is -0.373. The first-order chi connectivity index (χ1) is 5.15.